The van der Waals surface area contributed by atoms with E-state index in [0.717, 1.165) is 18.8 Å². The van der Waals surface area contributed by atoms with Crippen LogP contribution in [-0.2, 0) is 0 Å². The van der Waals surface area contributed by atoms with Gasteiger partial charge in [0.1, 0.15) is 5.75 Å². The Morgan fingerprint density at radius 2 is 2.00 bits per heavy atom. The number of hydrogen-bond acceptors (Lipinski definition) is 4. The molecule has 0 saturated carbocycles. The number of nitrogens with two attached hydrogens (primary N) is 1. The molecule has 1 atom stereocenters. The molecule has 0 bridgehead atoms. The summed E-state index contributed by atoms with van der Waals surface area (Å²) in [6.07, 6.45) is 2.42. The van der Waals surface area contributed by atoms with Gasteiger partial charge in [-0.3, -0.25) is 0 Å². The number of phenols is 1. The standard InChI is InChI=1S/C12H18N2O2/c13-11(8-15)10-7-9(3-4-12(10)16)14-5-1-2-6-14/h3-4,7,11,15-16H,1-2,5-6,8,13H2. The summed E-state index contributed by atoms with van der Waals surface area (Å²) in [7, 11) is 0. The molecule has 1 heterocycles. The highest BCUT2D eigenvalue weighted by Crippen LogP contribution is 2.29. The Hall–Kier alpha value is -1.26. The Morgan fingerprint density at radius 3 is 2.62 bits per heavy atom. The second-order valence-electron chi connectivity index (χ2n) is 4.23. The number of benzene rings is 1. The molecule has 88 valence electrons. The van der Waals surface area contributed by atoms with Crippen molar-refractivity contribution in [3.05, 3.63) is 23.8 Å². The third kappa shape index (κ3) is 2.13. The fourth-order valence-electron chi connectivity index (χ4n) is 2.11. The van der Waals surface area contributed by atoms with Crippen LogP contribution in [0.4, 0.5) is 5.69 Å². The van der Waals surface area contributed by atoms with E-state index in [1.165, 1.54) is 12.8 Å². The predicted molar refractivity (Wildman–Crippen MR) is 63.6 cm³/mol. The fourth-order valence-corrected chi connectivity index (χ4v) is 2.11. The number of rotatable bonds is 3. The van der Waals surface area contributed by atoms with Crippen molar-refractivity contribution in [2.45, 2.75) is 18.9 Å². The maximum absolute atomic E-state index is 9.67. The number of hydrogen-bond donors (Lipinski definition) is 3. The Balaban J connectivity index is 2.27. The molecule has 4 heteroatoms. The van der Waals surface area contributed by atoms with Gasteiger partial charge in [0.05, 0.1) is 12.6 Å². The molecule has 1 aliphatic heterocycles. The van der Waals surface area contributed by atoms with Crippen LogP contribution < -0.4 is 10.6 Å². The summed E-state index contributed by atoms with van der Waals surface area (Å²) < 4.78 is 0. The van der Waals surface area contributed by atoms with Crippen LogP contribution in [0.3, 0.4) is 0 Å². The summed E-state index contributed by atoms with van der Waals surface area (Å²) in [6.45, 7) is 1.95. The van der Waals surface area contributed by atoms with Gasteiger partial charge in [-0.2, -0.15) is 0 Å². The number of phenolic OH excluding ortho intramolecular Hbond substituents is 1. The highest BCUT2D eigenvalue weighted by atomic mass is 16.3. The molecule has 1 aromatic rings. The number of aliphatic hydroxyl groups is 1. The molecule has 4 N–H and O–H groups in total. The summed E-state index contributed by atoms with van der Waals surface area (Å²) in [6, 6.07) is 4.91. The predicted octanol–water partition coefficient (Wildman–Crippen LogP) is 0.984. The maximum Gasteiger partial charge on any atom is 0.120 e. The Bertz CT molecular complexity index is 362. The van der Waals surface area contributed by atoms with Gasteiger partial charge in [-0.15, -0.1) is 0 Å². The van der Waals surface area contributed by atoms with Gasteiger partial charge in [-0.05, 0) is 31.0 Å². The van der Waals surface area contributed by atoms with Crippen molar-refractivity contribution in [3.8, 4) is 5.75 Å². The normalized spacial score (nSPS) is 17.8. The second kappa shape index (κ2) is 4.72. The average molecular weight is 222 g/mol. The van der Waals surface area contributed by atoms with Crippen LogP contribution in [0.5, 0.6) is 5.75 Å². The van der Waals surface area contributed by atoms with Gasteiger partial charge < -0.3 is 20.8 Å². The van der Waals surface area contributed by atoms with E-state index in [4.69, 9.17) is 10.8 Å². The molecule has 1 fully saturated rings. The van der Waals surface area contributed by atoms with Gasteiger partial charge in [-0.25, -0.2) is 0 Å². The van der Waals surface area contributed by atoms with E-state index in [0.29, 0.717) is 5.56 Å². The third-order valence-electron chi connectivity index (χ3n) is 3.08. The minimum Gasteiger partial charge on any atom is -0.508 e. The van der Waals surface area contributed by atoms with Crippen molar-refractivity contribution in [2.75, 3.05) is 24.6 Å². The Labute approximate surface area is 95.3 Å². The van der Waals surface area contributed by atoms with Gasteiger partial charge in [0.2, 0.25) is 0 Å². The molecule has 0 aromatic heterocycles. The van der Waals surface area contributed by atoms with Crippen LogP contribution in [0.15, 0.2) is 18.2 Å². The lowest BCUT2D eigenvalue weighted by molar-refractivity contribution is 0.265. The van der Waals surface area contributed by atoms with Gasteiger partial charge in [0, 0.05) is 24.3 Å². The molecular formula is C12H18N2O2. The molecule has 4 nitrogen and oxygen atoms in total. The van der Waals surface area contributed by atoms with Crippen LogP contribution in [0, 0.1) is 0 Å². The lowest BCUT2D eigenvalue weighted by Crippen LogP contribution is -2.19. The van der Waals surface area contributed by atoms with Crippen LogP contribution in [0.2, 0.25) is 0 Å². The molecule has 0 spiro atoms. The van der Waals surface area contributed by atoms with E-state index in [2.05, 4.69) is 4.90 Å². The van der Waals surface area contributed by atoms with Crippen LogP contribution in [0.25, 0.3) is 0 Å². The molecule has 1 aliphatic rings. The van der Waals surface area contributed by atoms with E-state index in [9.17, 15) is 5.11 Å². The van der Waals surface area contributed by atoms with Crippen LogP contribution in [0.1, 0.15) is 24.4 Å². The zero-order chi connectivity index (χ0) is 11.5. The summed E-state index contributed by atoms with van der Waals surface area (Å²) in [4.78, 5) is 2.27. The first-order chi connectivity index (χ1) is 7.72. The van der Waals surface area contributed by atoms with Crippen molar-refractivity contribution < 1.29 is 10.2 Å². The van der Waals surface area contributed by atoms with E-state index >= 15 is 0 Å². The van der Waals surface area contributed by atoms with E-state index in [1.54, 1.807) is 6.07 Å². The smallest absolute Gasteiger partial charge is 0.120 e. The second-order valence-corrected chi connectivity index (χ2v) is 4.23. The molecular weight excluding hydrogens is 204 g/mol. The van der Waals surface area contributed by atoms with Crippen LogP contribution in [-0.4, -0.2) is 29.9 Å². The Kier molecular flexibility index (Phi) is 3.31. The van der Waals surface area contributed by atoms with E-state index in [-0.39, 0.29) is 12.4 Å². The largest absolute Gasteiger partial charge is 0.508 e. The molecule has 0 radical (unpaired) electrons. The first-order valence-corrected chi connectivity index (χ1v) is 5.66. The molecule has 2 rings (SSSR count). The van der Waals surface area contributed by atoms with Crippen molar-refractivity contribution >= 4 is 5.69 Å². The monoisotopic (exact) mass is 222 g/mol. The Morgan fingerprint density at radius 1 is 1.31 bits per heavy atom. The first kappa shape index (κ1) is 11.2. The summed E-state index contributed by atoms with van der Waals surface area (Å²) in [5.74, 6) is 0.157. The minimum absolute atomic E-state index is 0.156. The summed E-state index contributed by atoms with van der Waals surface area (Å²) in [5, 5.41) is 18.7. The molecule has 1 saturated heterocycles. The van der Waals surface area contributed by atoms with Gasteiger partial charge in [0.25, 0.3) is 0 Å². The number of nitrogens with zero attached hydrogens (tertiary/aromatic N) is 1. The van der Waals surface area contributed by atoms with Crippen molar-refractivity contribution in [2.24, 2.45) is 5.73 Å². The molecule has 0 aliphatic carbocycles. The number of anilines is 1. The van der Waals surface area contributed by atoms with Gasteiger partial charge in [0.15, 0.2) is 0 Å². The highest BCUT2D eigenvalue weighted by Gasteiger charge is 2.16. The molecule has 16 heavy (non-hydrogen) atoms. The van der Waals surface area contributed by atoms with E-state index < -0.39 is 6.04 Å². The SMILES string of the molecule is NC(CO)c1cc(N2CCCC2)ccc1O. The molecule has 0 amide bonds. The number of aliphatic hydroxyl groups excluding tert-OH is 1. The summed E-state index contributed by atoms with van der Waals surface area (Å²) >= 11 is 0. The quantitative estimate of drug-likeness (QED) is 0.713. The minimum atomic E-state index is -0.512. The number of aromatic hydroxyl groups is 1. The van der Waals surface area contributed by atoms with Crippen LogP contribution >= 0.6 is 0 Å². The molecule has 1 aromatic carbocycles. The van der Waals surface area contributed by atoms with Gasteiger partial charge >= 0.3 is 0 Å². The lowest BCUT2D eigenvalue weighted by Gasteiger charge is -2.20. The fraction of sp³-hybridized carbons (Fsp3) is 0.500. The third-order valence-corrected chi connectivity index (χ3v) is 3.08. The first-order valence-electron chi connectivity index (χ1n) is 5.66. The van der Waals surface area contributed by atoms with E-state index in [1.807, 2.05) is 12.1 Å². The average Bonchev–Trinajstić information content (AvgIpc) is 2.82. The van der Waals surface area contributed by atoms with Crippen molar-refractivity contribution in [3.63, 3.8) is 0 Å². The van der Waals surface area contributed by atoms with Crippen molar-refractivity contribution in [1.29, 1.82) is 0 Å². The summed E-state index contributed by atoms with van der Waals surface area (Å²) in [5.41, 5.74) is 7.43. The topological polar surface area (TPSA) is 69.7 Å². The zero-order valence-corrected chi connectivity index (χ0v) is 9.26. The lowest BCUT2D eigenvalue weighted by atomic mass is 10.1. The van der Waals surface area contributed by atoms with Crippen molar-refractivity contribution in [1.82, 2.24) is 0 Å². The highest BCUT2D eigenvalue weighted by molar-refractivity contribution is 5.54. The zero-order valence-electron chi connectivity index (χ0n) is 9.26. The van der Waals surface area contributed by atoms with Gasteiger partial charge in [-0.1, -0.05) is 0 Å². The maximum atomic E-state index is 9.67. The molecule has 1 unspecified atom stereocenters.